The lowest BCUT2D eigenvalue weighted by Gasteiger charge is -2.56. The zero-order valence-corrected chi connectivity index (χ0v) is 22.9. The largest absolute Gasteiger partial charge is 0.473 e. The van der Waals surface area contributed by atoms with E-state index in [0.717, 1.165) is 41.9 Å². The zero-order chi connectivity index (χ0) is 26.0. The molecule has 0 unspecified atom stereocenters. The number of nitrogens with one attached hydrogen (secondary N) is 1. The molecule has 4 fully saturated rings. The minimum Gasteiger partial charge on any atom is -0.473 e. The number of urea groups is 1. The lowest BCUT2D eigenvalue weighted by Crippen LogP contribution is -2.59. The number of hydrogen-bond acceptors (Lipinski definition) is 6. The summed E-state index contributed by atoms with van der Waals surface area (Å²) in [5.74, 6) is 2.47. The number of benzene rings is 1. The minimum atomic E-state index is -0.212. The van der Waals surface area contributed by atoms with Crippen molar-refractivity contribution < 1.29 is 18.8 Å². The molecule has 4 aliphatic carbocycles. The van der Waals surface area contributed by atoms with Crippen molar-refractivity contribution in [1.29, 1.82) is 0 Å². The Morgan fingerprint density at radius 3 is 2.30 bits per heavy atom. The lowest BCUT2D eigenvalue weighted by molar-refractivity contribution is -0.0173. The smallest absolute Gasteiger partial charge is 0.319 e. The Kier molecular flexibility index (Phi) is 7.70. The SMILES string of the molecule is CCN(CC)C(=O)N(C)CCOc1noc(C(=O)NC23CC4CC(CC(C4)C2)C3)c1Sc1ccccc1. The van der Waals surface area contributed by atoms with Crippen molar-refractivity contribution in [2.45, 2.75) is 67.7 Å². The highest BCUT2D eigenvalue weighted by molar-refractivity contribution is 7.99. The Labute approximate surface area is 223 Å². The molecule has 2 aromatic rings. The van der Waals surface area contributed by atoms with Gasteiger partial charge in [-0.05, 0) is 87.4 Å². The van der Waals surface area contributed by atoms with Crippen molar-refractivity contribution in [2.24, 2.45) is 17.8 Å². The summed E-state index contributed by atoms with van der Waals surface area (Å²) >= 11 is 1.41. The van der Waals surface area contributed by atoms with Crippen LogP contribution in [0.15, 0.2) is 44.6 Å². The van der Waals surface area contributed by atoms with E-state index in [9.17, 15) is 9.59 Å². The number of ether oxygens (including phenoxy) is 1. The molecule has 200 valence electrons. The van der Waals surface area contributed by atoms with Crippen molar-refractivity contribution in [3.05, 3.63) is 36.1 Å². The maximum Gasteiger partial charge on any atom is 0.319 e. The summed E-state index contributed by atoms with van der Waals surface area (Å²) in [5, 5.41) is 7.54. The predicted octanol–water partition coefficient (Wildman–Crippen LogP) is 5.30. The van der Waals surface area contributed by atoms with Crippen molar-refractivity contribution in [3.8, 4) is 5.88 Å². The van der Waals surface area contributed by atoms with E-state index in [4.69, 9.17) is 9.26 Å². The summed E-state index contributed by atoms with van der Waals surface area (Å²) in [6, 6.07) is 9.80. The molecular formula is C28H38N4O4S. The van der Waals surface area contributed by atoms with E-state index in [0.29, 0.717) is 24.5 Å². The van der Waals surface area contributed by atoms with E-state index in [-0.39, 0.29) is 35.7 Å². The summed E-state index contributed by atoms with van der Waals surface area (Å²) < 4.78 is 11.6. The van der Waals surface area contributed by atoms with Crippen molar-refractivity contribution in [2.75, 3.05) is 33.3 Å². The standard InChI is InChI=1S/C28H38N4O4S/c1-4-32(5-2)27(34)31(3)11-12-35-26-24(37-22-9-7-6-8-10-22)23(36-30-26)25(33)29-28-16-19-13-20(17-28)15-21(14-19)18-28/h6-10,19-21H,4-5,11-18H2,1-3H3,(H,29,33). The van der Waals surface area contributed by atoms with Gasteiger partial charge >= 0.3 is 6.03 Å². The van der Waals surface area contributed by atoms with E-state index >= 15 is 0 Å². The summed E-state index contributed by atoms with van der Waals surface area (Å²) in [4.78, 5) is 31.1. The highest BCUT2D eigenvalue weighted by atomic mass is 32.2. The van der Waals surface area contributed by atoms with E-state index in [1.54, 1.807) is 16.8 Å². The molecule has 1 aromatic heterocycles. The molecule has 9 heteroatoms. The Morgan fingerprint density at radius 1 is 1.08 bits per heavy atom. The first-order chi connectivity index (χ1) is 17.9. The lowest BCUT2D eigenvalue weighted by atomic mass is 9.53. The first-order valence-electron chi connectivity index (χ1n) is 13.6. The quantitative estimate of drug-likeness (QED) is 0.452. The van der Waals surface area contributed by atoms with Gasteiger partial charge in [0.15, 0.2) is 0 Å². The maximum atomic E-state index is 13.6. The van der Waals surface area contributed by atoms with E-state index in [2.05, 4.69) is 10.5 Å². The molecule has 0 saturated heterocycles. The molecule has 4 aliphatic rings. The number of nitrogens with zero attached hydrogens (tertiary/aromatic N) is 3. The van der Waals surface area contributed by atoms with Gasteiger partial charge in [-0.2, -0.15) is 0 Å². The predicted molar refractivity (Wildman–Crippen MR) is 142 cm³/mol. The molecule has 8 nitrogen and oxygen atoms in total. The summed E-state index contributed by atoms with van der Waals surface area (Å²) in [6.45, 7) is 5.88. The monoisotopic (exact) mass is 526 g/mol. The third-order valence-corrected chi connectivity index (χ3v) is 9.30. The fourth-order valence-electron chi connectivity index (χ4n) is 6.87. The van der Waals surface area contributed by atoms with Gasteiger partial charge in [0.05, 0.1) is 6.54 Å². The maximum absolute atomic E-state index is 13.6. The van der Waals surface area contributed by atoms with Crippen LogP contribution in [0.25, 0.3) is 0 Å². The van der Waals surface area contributed by atoms with Crippen molar-refractivity contribution in [3.63, 3.8) is 0 Å². The molecule has 0 aliphatic heterocycles. The van der Waals surface area contributed by atoms with Gasteiger partial charge in [0.1, 0.15) is 11.5 Å². The third-order valence-electron chi connectivity index (χ3n) is 8.23. The molecule has 6 rings (SSSR count). The van der Waals surface area contributed by atoms with Crippen LogP contribution in [0.4, 0.5) is 4.79 Å². The van der Waals surface area contributed by atoms with E-state index in [1.807, 2.05) is 44.2 Å². The van der Waals surface area contributed by atoms with Crippen molar-refractivity contribution in [1.82, 2.24) is 20.3 Å². The van der Waals surface area contributed by atoms with Gasteiger partial charge < -0.3 is 24.4 Å². The second-order valence-corrected chi connectivity index (χ2v) is 12.0. The van der Waals surface area contributed by atoms with E-state index < -0.39 is 0 Å². The number of aromatic nitrogens is 1. The Balaban J connectivity index is 1.30. The summed E-state index contributed by atoms with van der Waals surface area (Å²) in [5.41, 5.74) is -0.123. The highest BCUT2D eigenvalue weighted by Gasteiger charge is 2.52. The molecule has 0 spiro atoms. The van der Waals surface area contributed by atoms with Crippen LogP contribution in [-0.4, -0.2) is 65.7 Å². The molecule has 37 heavy (non-hydrogen) atoms. The average Bonchev–Trinajstić information content (AvgIpc) is 3.26. The highest BCUT2D eigenvalue weighted by Crippen LogP contribution is 2.55. The summed E-state index contributed by atoms with van der Waals surface area (Å²) in [7, 11) is 1.76. The first-order valence-corrected chi connectivity index (χ1v) is 14.4. The second kappa shape index (κ2) is 11.0. The Morgan fingerprint density at radius 2 is 1.70 bits per heavy atom. The fourth-order valence-corrected chi connectivity index (χ4v) is 7.81. The zero-order valence-electron chi connectivity index (χ0n) is 22.1. The fraction of sp³-hybridized carbons (Fsp3) is 0.607. The number of likely N-dealkylation sites (N-methyl/N-ethyl adjacent to an activating group) is 1. The van der Waals surface area contributed by atoms with Gasteiger partial charge in [-0.3, -0.25) is 4.79 Å². The van der Waals surface area contributed by atoms with Gasteiger partial charge in [-0.1, -0.05) is 30.0 Å². The summed E-state index contributed by atoms with van der Waals surface area (Å²) in [6.07, 6.45) is 7.14. The van der Waals surface area contributed by atoms with Crippen LogP contribution in [0.1, 0.15) is 62.9 Å². The van der Waals surface area contributed by atoms with Gasteiger partial charge in [-0.15, -0.1) is 0 Å². The molecule has 1 aromatic carbocycles. The Hall–Kier alpha value is -2.68. The number of amides is 3. The number of rotatable bonds is 10. The number of hydrogen-bond donors (Lipinski definition) is 1. The van der Waals surface area contributed by atoms with Crippen LogP contribution in [0.2, 0.25) is 0 Å². The molecule has 1 N–H and O–H groups in total. The molecule has 4 bridgehead atoms. The third kappa shape index (κ3) is 5.61. The second-order valence-electron chi connectivity index (χ2n) is 10.9. The molecule has 4 saturated carbocycles. The van der Waals surface area contributed by atoms with E-state index in [1.165, 1.54) is 31.0 Å². The van der Waals surface area contributed by atoms with Crippen LogP contribution in [0, 0.1) is 17.8 Å². The van der Waals surface area contributed by atoms with Crippen LogP contribution in [0.3, 0.4) is 0 Å². The number of carbonyl (C=O) groups is 2. The van der Waals surface area contributed by atoms with Gasteiger partial charge in [0.25, 0.3) is 11.8 Å². The average molecular weight is 527 g/mol. The normalized spacial score (nSPS) is 25.6. The van der Waals surface area contributed by atoms with Crippen LogP contribution in [-0.2, 0) is 0 Å². The molecule has 0 atom stereocenters. The number of carbonyl (C=O) groups excluding carboxylic acids is 2. The van der Waals surface area contributed by atoms with Crippen LogP contribution in [0.5, 0.6) is 5.88 Å². The first kappa shape index (κ1) is 25.9. The van der Waals surface area contributed by atoms with Gasteiger partial charge in [-0.25, -0.2) is 4.79 Å². The molecule has 3 amide bonds. The van der Waals surface area contributed by atoms with Gasteiger partial charge in [0, 0.05) is 30.6 Å². The molecule has 1 heterocycles. The van der Waals surface area contributed by atoms with Crippen LogP contribution < -0.4 is 10.1 Å². The molecule has 0 radical (unpaired) electrons. The topological polar surface area (TPSA) is 87.9 Å². The Bertz CT molecular complexity index is 1070. The van der Waals surface area contributed by atoms with Crippen molar-refractivity contribution >= 4 is 23.7 Å². The molecular weight excluding hydrogens is 488 g/mol. The van der Waals surface area contributed by atoms with Crippen LogP contribution >= 0.6 is 11.8 Å². The minimum absolute atomic E-state index is 0.0386. The van der Waals surface area contributed by atoms with Gasteiger partial charge in [0.2, 0.25) is 5.76 Å².